The van der Waals surface area contributed by atoms with Gasteiger partial charge in [-0.15, -0.1) is 0 Å². The first-order chi connectivity index (χ1) is 19.4. The number of hydrogen-bond donors (Lipinski definition) is 5. The van der Waals surface area contributed by atoms with Crippen LogP contribution >= 0.6 is 11.8 Å². The molecule has 2 aliphatic rings. The van der Waals surface area contributed by atoms with Crippen LogP contribution in [0.15, 0.2) is 43.0 Å². The summed E-state index contributed by atoms with van der Waals surface area (Å²) in [5, 5.41) is 10.3. The van der Waals surface area contributed by atoms with E-state index in [1.807, 2.05) is 42.2 Å². The first-order valence-electron chi connectivity index (χ1n) is 13.9. The molecule has 5 rings (SSSR count). The van der Waals surface area contributed by atoms with Gasteiger partial charge in [0.2, 0.25) is 5.91 Å². The fraction of sp³-hybridized carbons (Fsp3) is 0.483. The Balaban J connectivity index is 1.16. The molecule has 40 heavy (non-hydrogen) atoms. The van der Waals surface area contributed by atoms with Crippen molar-refractivity contribution in [2.45, 2.75) is 75.2 Å². The standard InChI is InChI=1S/C29H36N6O4S/c1-17(36)18(10-19-13-31-22-7-3-2-6-21(19)22)11-25(37)23(12-20-14-30-16-32-20)33-27(38)9-5-4-8-26-28-24(15-40-26)34-29(39)35-28/h2-3,6-7,13-14,16,18,23-24,26,28,31H,4-5,8-12,15H2,1H3,(H,30,32)(H,33,38)(H2,34,35,39)/t18?,23?,24-,26-,28-/m0/s1. The van der Waals surface area contributed by atoms with Gasteiger partial charge in [-0.25, -0.2) is 9.78 Å². The van der Waals surface area contributed by atoms with Crippen molar-refractivity contribution in [1.29, 1.82) is 0 Å². The molecule has 5 N–H and O–H groups in total. The summed E-state index contributed by atoms with van der Waals surface area (Å²) in [4.78, 5) is 60.8. The molecule has 0 bridgehead atoms. The van der Waals surface area contributed by atoms with Crippen LogP contribution in [0.1, 0.15) is 50.3 Å². The number of imidazole rings is 1. The number of ketones is 2. The summed E-state index contributed by atoms with van der Waals surface area (Å²) in [6.45, 7) is 1.52. The summed E-state index contributed by atoms with van der Waals surface area (Å²) >= 11 is 1.86. The highest BCUT2D eigenvalue weighted by Crippen LogP contribution is 2.33. The molecule has 2 fully saturated rings. The molecule has 212 valence electrons. The van der Waals surface area contributed by atoms with Crippen molar-refractivity contribution in [1.82, 2.24) is 30.9 Å². The lowest BCUT2D eigenvalue weighted by Gasteiger charge is -2.20. The van der Waals surface area contributed by atoms with Crippen molar-refractivity contribution in [2.24, 2.45) is 5.92 Å². The van der Waals surface area contributed by atoms with Gasteiger partial charge in [-0.05, 0) is 37.8 Å². The SMILES string of the molecule is CC(=O)C(CC(=O)C(Cc1cnc[nH]1)NC(=O)CCCC[C@@H]1SC[C@@H]2NC(=O)N[C@@H]21)Cc1c[nH]c2ccccc12. The zero-order chi connectivity index (χ0) is 28.1. The molecule has 5 atom stereocenters. The number of aromatic nitrogens is 3. The number of carbonyl (C=O) groups is 4. The number of urea groups is 1. The van der Waals surface area contributed by atoms with Gasteiger partial charge in [-0.3, -0.25) is 14.4 Å². The second-order valence-electron chi connectivity index (χ2n) is 10.8. The lowest BCUT2D eigenvalue weighted by Crippen LogP contribution is -2.43. The van der Waals surface area contributed by atoms with Gasteiger partial charge >= 0.3 is 6.03 Å². The van der Waals surface area contributed by atoms with Crippen molar-refractivity contribution in [3.63, 3.8) is 0 Å². The van der Waals surface area contributed by atoms with E-state index in [0.717, 1.165) is 40.8 Å². The Labute approximate surface area is 237 Å². The minimum absolute atomic E-state index is 0.0501. The Morgan fingerprint density at radius 1 is 1.12 bits per heavy atom. The number of para-hydroxylation sites is 1. The fourth-order valence-corrected chi connectivity index (χ4v) is 7.26. The van der Waals surface area contributed by atoms with Gasteiger partial charge in [0.05, 0.1) is 24.5 Å². The highest BCUT2D eigenvalue weighted by Gasteiger charge is 2.42. The number of nitrogens with zero attached hydrogens (tertiary/aromatic N) is 1. The number of fused-ring (bicyclic) bond motifs is 2. The third-order valence-corrected chi connectivity index (χ3v) is 9.46. The number of benzene rings is 1. The average Bonchev–Trinajstić information content (AvgIpc) is 3.72. The van der Waals surface area contributed by atoms with Crippen molar-refractivity contribution in [2.75, 3.05) is 5.75 Å². The van der Waals surface area contributed by atoms with Crippen LogP contribution in [0.4, 0.5) is 4.79 Å². The van der Waals surface area contributed by atoms with Crippen molar-refractivity contribution < 1.29 is 19.2 Å². The van der Waals surface area contributed by atoms with Gasteiger partial charge < -0.3 is 25.9 Å². The molecule has 3 amide bonds. The van der Waals surface area contributed by atoms with E-state index >= 15 is 0 Å². The quantitative estimate of drug-likeness (QED) is 0.150. The molecule has 0 saturated carbocycles. The third kappa shape index (κ3) is 6.75. The summed E-state index contributed by atoms with van der Waals surface area (Å²) in [7, 11) is 0. The molecule has 2 saturated heterocycles. The Morgan fingerprint density at radius 3 is 2.77 bits per heavy atom. The number of rotatable bonds is 14. The molecule has 1 aromatic carbocycles. The summed E-state index contributed by atoms with van der Waals surface area (Å²) < 4.78 is 0. The molecule has 2 aliphatic heterocycles. The van der Waals surface area contributed by atoms with Crippen LogP contribution in [0.2, 0.25) is 0 Å². The van der Waals surface area contributed by atoms with Crippen LogP contribution in [-0.4, -0.2) is 67.6 Å². The predicted molar refractivity (Wildman–Crippen MR) is 154 cm³/mol. The summed E-state index contributed by atoms with van der Waals surface area (Å²) in [6, 6.07) is 7.39. The first kappa shape index (κ1) is 27.9. The molecule has 2 aromatic heterocycles. The smallest absolute Gasteiger partial charge is 0.315 e. The van der Waals surface area contributed by atoms with Gasteiger partial charge in [0, 0.05) is 65.2 Å². The maximum Gasteiger partial charge on any atom is 0.315 e. The van der Waals surface area contributed by atoms with E-state index in [-0.39, 0.29) is 48.4 Å². The number of thioether (sulfide) groups is 1. The molecule has 11 heteroatoms. The summed E-state index contributed by atoms with van der Waals surface area (Å²) in [5.41, 5.74) is 2.73. The molecular weight excluding hydrogens is 528 g/mol. The maximum atomic E-state index is 13.5. The average molecular weight is 565 g/mol. The summed E-state index contributed by atoms with van der Waals surface area (Å²) in [6.07, 6.45) is 8.67. The normalized spacial score (nSPS) is 21.4. The van der Waals surface area contributed by atoms with E-state index in [1.54, 1.807) is 12.5 Å². The minimum Gasteiger partial charge on any atom is -0.361 e. The molecule has 4 heterocycles. The van der Waals surface area contributed by atoms with Crippen LogP contribution in [0.5, 0.6) is 0 Å². The Hall–Kier alpha value is -3.60. The lowest BCUT2D eigenvalue weighted by molar-refractivity contribution is -0.130. The van der Waals surface area contributed by atoms with Gasteiger partial charge in [0.25, 0.3) is 0 Å². The van der Waals surface area contributed by atoms with E-state index in [0.29, 0.717) is 24.5 Å². The van der Waals surface area contributed by atoms with Gasteiger partial charge in [0.1, 0.15) is 5.78 Å². The Kier molecular flexibility index (Phi) is 8.88. The Morgan fingerprint density at radius 2 is 1.98 bits per heavy atom. The largest absolute Gasteiger partial charge is 0.361 e. The minimum atomic E-state index is -0.747. The van der Waals surface area contributed by atoms with E-state index in [2.05, 4.69) is 30.9 Å². The highest BCUT2D eigenvalue weighted by atomic mass is 32.2. The second-order valence-corrected chi connectivity index (χ2v) is 12.1. The second kappa shape index (κ2) is 12.7. The molecule has 0 radical (unpaired) electrons. The molecule has 0 aliphatic carbocycles. The van der Waals surface area contributed by atoms with Gasteiger partial charge in [0.15, 0.2) is 5.78 Å². The lowest BCUT2D eigenvalue weighted by atomic mass is 9.88. The van der Waals surface area contributed by atoms with Crippen LogP contribution < -0.4 is 16.0 Å². The molecular formula is C29H36N6O4S. The number of hydrogen-bond acceptors (Lipinski definition) is 6. The fourth-order valence-electron chi connectivity index (χ4n) is 5.71. The number of carbonyl (C=O) groups excluding carboxylic acids is 4. The topological polar surface area (TPSA) is 149 Å². The highest BCUT2D eigenvalue weighted by molar-refractivity contribution is 8.00. The third-order valence-electron chi connectivity index (χ3n) is 7.95. The maximum absolute atomic E-state index is 13.5. The molecule has 2 unspecified atom stereocenters. The zero-order valence-electron chi connectivity index (χ0n) is 22.6. The monoisotopic (exact) mass is 564 g/mol. The van der Waals surface area contributed by atoms with Crippen LogP contribution in [0, 0.1) is 5.92 Å². The van der Waals surface area contributed by atoms with Crippen LogP contribution in [0.3, 0.4) is 0 Å². The number of amides is 3. The molecule has 0 spiro atoms. The molecule has 3 aromatic rings. The first-order valence-corrected chi connectivity index (χ1v) is 15.0. The van der Waals surface area contributed by atoms with Crippen LogP contribution in [0.25, 0.3) is 10.9 Å². The van der Waals surface area contributed by atoms with E-state index in [9.17, 15) is 19.2 Å². The van der Waals surface area contributed by atoms with E-state index in [4.69, 9.17) is 0 Å². The van der Waals surface area contributed by atoms with Gasteiger partial charge in [-0.1, -0.05) is 24.6 Å². The predicted octanol–water partition coefficient (Wildman–Crippen LogP) is 3.05. The Bertz CT molecular complexity index is 1360. The van der Waals surface area contributed by atoms with Crippen molar-refractivity contribution in [3.05, 3.63) is 54.2 Å². The van der Waals surface area contributed by atoms with Crippen molar-refractivity contribution >= 4 is 46.2 Å². The van der Waals surface area contributed by atoms with Gasteiger partial charge in [-0.2, -0.15) is 11.8 Å². The van der Waals surface area contributed by atoms with E-state index in [1.165, 1.54) is 6.92 Å². The van der Waals surface area contributed by atoms with Crippen LogP contribution in [-0.2, 0) is 27.2 Å². The summed E-state index contributed by atoms with van der Waals surface area (Å²) in [5.74, 6) is 0.0349. The number of Topliss-reactive ketones (excluding diaryl/α,β-unsaturated/α-hetero) is 2. The number of aromatic amines is 2. The zero-order valence-corrected chi connectivity index (χ0v) is 23.4. The molecule has 10 nitrogen and oxygen atoms in total. The van der Waals surface area contributed by atoms with E-state index < -0.39 is 12.0 Å². The number of H-pyrrole nitrogens is 2. The number of nitrogens with one attached hydrogen (secondary N) is 5. The number of unbranched alkanes of at least 4 members (excludes halogenated alkanes) is 1. The van der Waals surface area contributed by atoms with Crippen molar-refractivity contribution in [3.8, 4) is 0 Å².